The zero-order valence-electron chi connectivity index (χ0n) is 27.9. The van der Waals surface area contributed by atoms with Crippen molar-refractivity contribution in [1.82, 2.24) is 15.0 Å². The molecule has 0 radical (unpaired) electrons. The van der Waals surface area contributed by atoms with Crippen LogP contribution in [0.15, 0.2) is 174 Å². The topological polar surface area (TPSA) is 73.1 Å². The van der Waals surface area contributed by atoms with Crippen molar-refractivity contribution in [1.29, 1.82) is 0 Å². The van der Waals surface area contributed by atoms with Crippen molar-refractivity contribution >= 4 is 27.6 Å². The first-order valence-electron chi connectivity index (χ1n) is 17.3. The minimum Gasteiger partial charge on any atom is -0.464 e. The molecular weight excluding hydrogens is 641 g/mol. The fourth-order valence-electron chi connectivity index (χ4n) is 7.09. The van der Waals surface area contributed by atoms with Crippen molar-refractivity contribution in [2.24, 2.45) is 0 Å². The van der Waals surface area contributed by atoms with E-state index < -0.39 is 6.23 Å². The number of furan rings is 1. The first-order valence-corrected chi connectivity index (χ1v) is 17.3. The van der Waals surface area contributed by atoms with Crippen LogP contribution in [0.1, 0.15) is 11.8 Å². The minimum absolute atomic E-state index is 0.451. The number of hydrogen-bond acceptors (Lipinski definition) is 6. The number of ether oxygens (including phenoxy) is 1. The lowest BCUT2D eigenvalue weighted by atomic mass is 9.96. The second kappa shape index (κ2) is 12.4. The predicted octanol–water partition coefficient (Wildman–Crippen LogP) is 11.6. The van der Waals surface area contributed by atoms with E-state index in [0.717, 1.165) is 72.3 Å². The van der Waals surface area contributed by atoms with E-state index in [9.17, 15) is 0 Å². The number of nitrogens with one attached hydrogen (secondary N) is 1. The quantitative estimate of drug-likeness (QED) is 0.190. The molecule has 0 spiro atoms. The average molecular weight is 671 g/mol. The zero-order chi connectivity index (χ0) is 34.4. The van der Waals surface area contributed by atoms with E-state index in [4.69, 9.17) is 24.1 Å². The highest BCUT2D eigenvalue weighted by molar-refractivity contribution is 6.11. The number of nitrogens with zero attached hydrogens (tertiary/aromatic N) is 3. The molecule has 1 N–H and O–H groups in total. The molecule has 0 amide bonds. The Bertz CT molecular complexity index is 2700. The molecule has 3 heterocycles. The molecule has 6 nitrogen and oxygen atoms in total. The van der Waals surface area contributed by atoms with E-state index in [1.54, 1.807) is 0 Å². The van der Waals surface area contributed by atoms with Crippen molar-refractivity contribution < 1.29 is 9.15 Å². The first kappa shape index (κ1) is 29.8. The second-order valence-electron chi connectivity index (χ2n) is 12.8. The lowest BCUT2D eigenvalue weighted by molar-refractivity contribution is 0.260. The van der Waals surface area contributed by atoms with Crippen LogP contribution in [-0.4, -0.2) is 15.0 Å². The normalized spacial score (nSPS) is 13.5. The van der Waals surface area contributed by atoms with Crippen molar-refractivity contribution in [2.75, 3.05) is 5.32 Å². The molecule has 52 heavy (non-hydrogen) atoms. The van der Waals surface area contributed by atoms with Crippen LogP contribution in [0.4, 0.5) is 5.69 Å². The fourth-order valence-corrected chi connectivity index (χ4v) is 7.09. The summed E-state index contributed by atoms with van der Waals surface area (Å²) in [4.78, 5) is 15.1. The maximum Gasteiger partial charge on any atom is 0.200 e. The number of para-hydroxylation sites is 3. The van der Waals surface area contributed by atoms with Gasteiger partial charge in [-0.3, -0.25) is 0 Å². The van der Waals surface area contributed by atoms with Gasteiger partial charge in [0.05, 0.1) is 16.8 Å². The summed E-state index contributed by atoms with van der Waals surface area (Å²) in [5.74, 6) is 2.52. The second-order valence-corrected chi connectivity index (χ2v) is 12.8. The van der Waals surface area contributed by atoms with Crippen LogP contribution in [0.2, 0.25) is 0 Å². The van der Waals surface area contributed by atoms with Crippen molar-refractivity contribution in [3.8, 4) is 62.2 Å². The third-order valence-corrected chi connectivity index (χ3v) is 9.63. The standard InChI is InChI=1S/C46H30N4O2/c1-4-13-29(14-5-1)30-23-25-33(26-24-30)44-48-43(32-17-8-3-9-18-32)49-45(50-44)37-20-12-19-35-36-28-27-34(31-15-6-2-7-16-31)40(42(36)52-41(35)37)46-47-38-21-10-11-22-39(38)51-46/h1-28,46-47H. The highest BCUT2D eigenvalue weighted by atomic mass is 16.5. The summed E-state index contributed by atoms with van der Waals surface area (Å²) in [6.07, 6.45) is -0.451. The smallest absolute Gasteiger partial charge is 0.200 e. The molecule has 1 aliphatic rings. The molecule has 0 saturated heterocycles. The maximum absolute atomic E-state index is 6.98. The molecule has 0 fully saturated rings. The zero-order valence-corrected chi connectivity index (χ0v) is 27.9. The largest absolute Gasteiger partial charge is 0.464 e. The molecule has 0 saturated carbocycles. The van der Waals surface area contributed by atoms with Gasteiger partial charge in [0.15, 0.2) is 17.5 Å². The summed E-state index contributed by atoms with van der Waals surface area (Å²) in [6, 6.07) is 57.6. The van der Waals surface area contributed by atoms with E-state index in [0.29, 0.717) is 23.1 Å². The Hall–Kier alpha value is -7.05. The van der Waals surface area contributed by atoms with Gasteiger partial charge in [-0.15, -0.1) is 0 Å². The molecule has 1 atom stereocenters. The van der Waals surface area contributed by atoms with Gasteiger partial charge in [-0.1, -0.05) is 146 Å². The Kier molecular flexibility index (Phi) is 7.10. The molecule has 1 unspecified atom stereocenters. The molecule has 0 bridgehead atoms. The number of aromatic nitrogens is 3. The molecule has 0 aliphatic carbocycles. The van der Waals surface area contributed by atoms with Gasteiger partial charge in [-0.05, 0) is 46.5 Å². The molecule has 1 aliphatic heterocycles. The Balaban J connectivity index is 1.16. The first-order chi connectivity index (χ1) is 25.8. The maximum atomic E-state index is 6.98. The van der Waals surface area contributed by atoms with E-state index in [-0.39, 0.29) is 0 Å². The Morgan fingerprint density at radius 3 is 1.67 bits per heavy atom. The van der Waals surface area contributed by atoms with Gasteiger partial charge in [0.1, 0.15) is 16.9 Å². The van der Waals surface area contributed by atoms with Gasteiger partial charge in [-0.25, -0.2) is 15.0 Å². The van der Waals surface area contributed by atoms with Gasteiger partial charge in [0.2, 0.25) is 6.23 Å². The highest BCUT2D eigenvalue weighted by Gasteiger charge is 2.30. The van der Waals surface area contributed by atoms with Crippen LogP contribution in [-0.2, 0) is 0 Å². The van der Waals surface area contributed by atoms with Crippen LogP contribution >= 0.6 is 0 Å². The number of anilines is 1. The third-order valence-electron chi connectivity index (χ3n) is 9.63. The number of fused-ring (bicyclic) bond motifs is 4. The SMILES string of the molecule is c1ccc(-c2ccc(-c3nc(-c4ccccc4)nc(-c4cccc5c4oc4c(C6Nc7ccccc7O6)c(-c6ccccc6)ccc45)n3)cc2)cc1. The van der Waals surface area contributed by atoms with Crippen LogP contribution in [0.5, 0.6) is 5.75 Å². The van der Waals surface area contributed by atoms with Crippen molar-refractivity contribution in [3.63, 3.8) is 0 Å². The van der Waals surface area contributed by atoms with Gasteiger partial charge in [0, 0.05) is 21.9 Å². The summed E-state index contributed by atoms with van der Waals surface area (Å²) in [7, 11) is 0. The molecule has 10 rings (SSSR count). The molecule has 6 heteroatoms. The van der Waals surface area contributed by atoms with Crippen molar-refractivity contribution in [3.05, 3.63) is 175 Å². The van der Waals surface area contributed by atoms with E-state index >= 15 is 0 Å². The Morgan fingerprint density at radius 2 is 0.962 bits per heavy atom. The average Bonchev–Trinajstić information content (AvgIpc) is 3.83. The molecule has 7 aromatic carbocycles. The summed E-state index contributed by atoms with van der Waals surface area (Å²) < 4.78 is 13.5. The van der Waals surface area contributed by atoms with E-state index in [1.807, 2.05) is 91.0 Å². The number of rotatable bonds is 6. The Morgan fingerprint density at radius 1 is 0.404 bits per heavy atom. The van der Waals surface area contributed by atoms with Gasteiger partial charge in [0.25, 0.3) is 0 Å². The van der Waals surface area contributed by atoms with Crippen molar-refractivity contribution in [2.45, 2.75) is 6.23 Å². The third kappa shape index (κ3) is 5.17. The van der Waals surface area contributed by atoms with Gasteiger partial charge in [-0.2, -0.15) is 0 Å². The lowest BCUT2D eigenvalue weighted by Crippen LogP contribution is -2.12. The predicted molar refractivity (Wildman–Crippen MR) is 208 cm³/mol. The van der Waals surface area contributed by atoms with E-state index in [1.165, 1.54) is 0 Å². The monoisotopic (exact) mass is 670 g/mol. The number of benzene rings is 7. The molecule has 9 aromatic rings. The van der Waals surface area contributed by atoms with Crippen LogP contribution in [0.3, 0.4) is 0 Å². The summed E-state index contributed by atoms with van der Waals surface area (Å²) >= 11 is 0. The van der Waals surface area contributed by atoms with Gasteiger partial charge < -0.3 is 14.5 Å². The minimum atomic E-state index is -0.451. The Labute approximate surface area is 300 Å². The highest BCUT2D eigenvalue weighted by Crippen LogP contribution is 2.46. The molecule has 2 aromatic heterocycles. The molecular formula is C46H30N4O2. The molecule has 246 valence electrons. The summed E-state index contributed by atoms with van der Waals surface area (Å²) in [5, 5.41) is 5.55. The fraction of sp³-hybridized carbons (Fsp3) is 0.0217. The van der Waals surface area contributed by atoms with E-state index in [2.05, 4.69) is 84.2 Å². The summed E-state index contributed by atoms with van der Waals surface area (Å²) in [5.41, 5.74) is 10.3. The van der Waals surface area contributed by atoms with Gasteiger partial charge >= 0.3 is 0 Å². The summed E-state index contributed by atoms with van der Waals surface area (Å²) in [6.45, 7) is 0. The van der Waals surface area contributed by atoms with Crippen LogP contribution < -0.4 is 10.1 Å². The van der Waals surface area contributed by atoms with Crippen LogP contribution in [0.25, 0.3) is 78.4 Å². The number of hydrogen-bond donors (Lipinski definition) is 1. The lowest BCUT2D eigenvalue weighted by Gasteiger charge is -2.17. The van der Waals surface area contributed by atoms with Crippen LogP contribution in [0, 0.1) is 0 Å².